The number of fused-ring (bicyclic) bond motifs is 1. The largest absolute Gasteiger partial charge is 0.517 e. The fourth-order valence-corrected chi connectivity index (χ4v) is 5.47. The molecule has 1 aromatic carbocycles. The summed E-state index contributed by atoms with van der Waals surface area (Å²) in [6.45, 7) is 6.37. The molecule has 22 heavy (non-hydrogen) atoms. The minimum atomic E-state index is -2.53. The highest BCUT2D eigenvalue weighted by Gasteiger charge is 2.37. The van der Waals surface area contributed by atoms with Gasteiger partial charge >= 0.3 is 17.4 Å². The van der Waals surface area contributed by atoms with Crippen molar-refractivity contribution in [3.8, 4) is 5.75 Å². The van der Waals surface area contributed by atoms with Gasteiger partial charge in [0, 0.05) is 32.9 Å². The summed E-state index contributed by atoms with van der Waals surface area (Å²) >= 11 is 0. The second-order valence-electron chi connectivity index (χ2n) is 5.35. The summed E-state index contributed by atoms with van der Waals surface area (Å²) in [4.78, 5) is 0. The minimum Gasteiger partial charge on any atom is -0.517 e. The molecule has 0 aromatic heterocycles. The van der Waals surface area contributed by atoms with Crippen LogP contribution in [0.3, 0.4) is 0 Å². The third kappa shape index (κ3) is 3.68. The van der Waals surface area contributed by atoms with Gasteiger partial charge in [0.25, 0.3) is 0 Å². The van der Waals surface area contributed by atoms with Gasteiger partial charge in [-0.15, -0.1) is 6.58 Å². The Morgan fingerprint density at radius 1 is 1.27 bits per heavy atom. The quantitative estimate of drug-likeness (QED) is 0.714. The average molecular weight is 341 g/mol. The monoisotopic (exact) mass is 340 g/mol. The first-order valence-electron chi connectivity index (χ1n) is 7.23. The van der Waals surface area contributed by atoms with Crippen molar-refractivity contribution in [1.82, 2.24) is 0 Å². The summed E-state index contributed by atoms with van der Waals surface area (Å²) in [7, 11) is 0.133. The van der Waals surface area contributed by atoms with E-state index in [4.69, 9.17) is 22.1 Å². The standard InChI is InChI=1S/C15H24O5Si2/c1-6-21(5)19-12-14-11-13(7-8-15(14)20-21)9-10-22(16-2,17-3)18-4/h6-8,11H,1,9-10,12H2,2-5H3. The Bertz CT molecular complexity index is 524. The van der Waals surface area contributed by atoms with Gasteiger partial charge in [-0.2, -0.15) is 0 Å². The first-order chi connectivity index (χ1) is 10.5. The van der Waals surface area contributed by atoms with Gasteiger partial charge in [0.2, 0.25) is 0 Å². The maximum Gasteiger partial charge on any atom is 0.500 e. The van der Waals surface area contributed by atoms with Gasteiger partial charge in [-0.05, 0) is 36.4 Å². The van der Waals surface area contributed by atoms with E-state index in [2.05, 4.69) is 18.7 Å². The van der Waals surface area contributed by atoms with E-state index in [0.717, 1.165) is 23.8 Å². The Morgan fingerprint density at radius 2 is 1.95 bits per heavy atom. The van der Waals surface area contributed by atoms with Crippen molar-refractivity contribution >= 4 is 17.4 Å². The van der Waals surface area contributed by atoms with E-state index in [1.807, 2.05) is 12.6 Å². The Balaban J connectivity index is 2.08. The third-order valence-corrected chi connectivity index (χ3v) is 8.79. The molecule has 5 nitrogen and oxygen atoms in total. The van der Waals surface area contributed by atoms with Crippen LogP contribution in [0.4, 0.5) is 0 Å². The molecule has 2 rings (SSSR count). The molecule has 1 atom stereocenters. The molecule has 0 N–H and O–H groups in total. The van der Waals surface area contributed by atoms with Crippen LogP contribution in [0.2, 0.25) is 12.6 Å². The highest BCUT2D eigenvalue weighted by molar-refractivity contribution is 6.72. The molecule has 0 bridgehead atoms. The number of hydrogen-bond acceptors (Lipinski definition) is 5. The van der Waals surface area contributed by atoms with E-state index in [0.29, 0.717) is 6.61 Å². The molecule has 0 spiro atoms. The first-order valence-corrected chi connectivity index (χ1v) is 11.6. The van der Waals surface area contributed by atoms with Crippen molar-refractivity contribution in [2.75, 3.05) is 21.3 Å². The van der Waals surface area contributed by atoms with Crippen LogP contribution in [0.5, 0.6) is 5.75 Å². The van der Waals surface area contributed by atoms with Gasteiger partial charge in [0.05, 0.1) is 6.61 Å². The SMILES string of the molecule is C=C[Si]1(C)OCc2cc(CC[Si](OC)(OC)OC)ccc2O1. The van der Waals surface area contributed by atoms with Crippen LogP contribution >= 0.6 is 0 Å². The van der Waals surface area contributed by atoms with Crippen molar-refractivity contribution in [3.05, 3.63) is 41.6 Å². The van der Waals surface area contributed by atoms with E-state index in [9.17, 15) is 0 Å². The summed E-state index contributed by atoms with van der Waals surface area (Å²) < 4.78 is 28.2. The molecule has 0 radical (unpaired) electrons. The fraction of sp³-hybridized carbons (Fsp3) is 0.467. The van der Waals surface area contributed by atoms with Crippen LogP contribution < -0.4 is 4.43 Å². The van der Waals surface area contributed by atoms with Gasteiger partial charge in [0.15, 0.2) is 0 Å². The van der Waals surface area contributed by atoms with E-state index in [1.54, 1.807) is 27.0 Å². The van der Waals surface area contributed by atoms with Crippen molar-refractivity contribution in [1.29, 1.82) is 0 Å². The lowest BCUT2D eigenvalue weighted by Gasteiger charge is -2.31. The Labute approximate surface area is 134 Å². The molecule has 7 heteroatoms. The summed E-state index contributed by atoms with van der Waals surface area (Å²) in [5, 5.41) is 0. The molecule has 0 aliphatic carbocycles. The second-order valence-corrected chi connectivity index (χ2v) is 11.4. The first kappa shape index (κ1) is 17.4. The molecule has 1 heterocycles. The molecule has 0 saturated carbocycles. The van der Waals surface area contributed by atoms with Crippen molar-refractivity contribution < 1.29 is 22.1 Å². The Kier molecular flexibility index (Phi) is 5.59. The zero-order valence-corrected chi connectivity index (χ0v) is 15.7. The lowest BCUT2D eigenvalue weighted by Crippen LogP contribution is -2.43. The number of hydrogen-bond donors (Lipinski definition) is 0. The van der Waals surface area contributed by atoms with Crippen LogP contribution in [0.15, 0.2) is 30.5 Å². The Hall–Kier alpha value is -0.966. The normalized spacial score (nSPS) is 21.1. The predicted molar refractivity (Wildman–Crippen MR) is 89.0 cm³/mol. The minimum absolute atomic E-state index is 0.569. The number of rotatable bonds is 7. The summed E-state index contributed by atoms with van der Waals surface area (Å²) in [5.41, 5.74) is 4.07. The highest BCUT2D eigenvalue weighted by Crippen LogP contribution is 2.31. The smallest absolute Gasteiger partial charge is 0.500 e. The summed E-state index contributed by atoms with van der Waals surface area (Å²) in [6.07, 6.45) is 0.825. The van der Waals surface area contributed by atoms with Crippen molar-refractivity contribution in [3.63, 3.8) is 0 Å². The van der Waals surface area contributed by atoms with Gasteiger partial charge in [-0.25, -0.2) is 0 Å². The van der Waals surface area contributed by atoms with Gasteiger partial charge < -0.3 is 22.1 Å². The third-order valence-electron chi connectivity index (χ3n) is 3.98. The van der Waals surface area contributed by atoms with Crippen LogP contribution in [0.1, 0.15) is 11.1 Å². The molecule has 0 fully saturated rings. The molecule has 0 amide bonds. The van der Waals surface area contributed by atoms with Crippen LogP contribution in [-0.4, -0.2) is 38.7 Å². The molecule has 1 aliphatic rings. The lowest BCUT2D eigenvalue weighted by molar-refractivity contribution is 0.123. The van der Waals surface area contributed by atoms with E-state index in [1.165, 1.54) is 5.56 Å². The van der Waals surface area contributed by atoms with Gasteiger partial charge in [0.1, 0.15) is 5.75 Å². The fourth-order valence-electron chi connectivity index (χ4n) is 2.42. The highest BCUT2D eigenvalue weighted by atomic mass is 28.4. The summed E-state index contributed by atoms with van der Waals surface area (Å²) in [5.74, 6) is 0.901. The van der Waals surface area contributed by atoms with Crippen molar-refractivity contribution in [2.45, 2.75) is 25.6 Å². The molecule has 122 valence electrons. The summed E-state index contributed by atoms with van der Waals surface area (Å²) in [6, 6.07) is 6.93. The molecule has 1 aliphatic heterocycles. The molecule has 0 saturated heterocycles. The van der Waals surface area contributed by atoms with E-state index >= 15 is 0 Å². The maximum atomic E-state index is 5.97. The zero-order valence-electron chi connectivity index (χ0n) is 13.7. The maximum absolute atomic E-state index is 5.97. The van der Waals surface area contributed by atoms with Crippen LogP contribution in [-0.2, 0) is 30.7 Å². The lowest BCUT2D eigenvalue weighted by atomic mass is 10.1. The molecular formula is C15H24O5Si2. The second kappa shape index (κ2) is 7.07. The molecule has 1 unspecified atom stereocenters. The number of benzene rings is 1. The van der Waals surface area contributed by atoms with E-state index < -0.39 is 17.4 Å². The van der Waals surface area contributed by atoms with Gasteiger partial charge in [-0.3, -0.25) is 0 Å². The van der Waals surface area contributed by atoms with Crippen LogP contribution in [0, 0.1) is 0 Å². The Morgan fingerprint density at radius 3 is 2.55 bits per heavy atom. The topological polar surface area (TPSA) is 46.2 Å². The zero-order chi connectivity index (χ0) is 16.2. The molecular weight excluding hydrogens is 316 g/mol. The number of aryl methyl sites for hydroxylation is 1. The average Bonchev–Trinajstić information content (AvgIpc) is 2.57. The molecule has 1 aromatic rings. The van der Waals surface area contributed by atoms with E-state index in [-0.39, 0.29) is 0 Å². The van der Waals surface area contributed by atoms with Gasteiger partial charge in [-0.1, -0.05) is 6.07 Å². The van der Waals surface area contributed by atoms with Crippen LogP contribution in [0.25, 0.3) is 0 Å². The predicted octanol–water partition coefficient (Wildman–Crippen LogP) is 2.81. The van der Waals surface area contributed by atoms with Crippen molar-refractivity contribution in [2.24, 2.45) is 0 Å².